The Morgan fingerprint density at radius 1 is 1.33 bits per heavy atom. The first kappa shape index (κ1) is 23.8. The number of rotatable bonds is 9. The number of ether oxygens (including phenoxy) is 1. The van der Waals surface area contributed by atoms with Gasteiger partial charge in [0, 0.05) is 30.6 Å². The summed E-state index contributed by atoms with van der Waals surface area (Å²) in [6.07, 6.45) is 2.83. The zero-order chi connectivity index (χ0) is 23.4. The standard InChI is InChI=1S/C24H30N4O3S2/c1-4-6-11-25-20(29)15-32-24-26-22-21(18-10-12-27(5-2)14-19(18)33-22)23(30)28(24)16-8-7-9-17(13-16)31-3/h7-9,13H,4-6,10-12,14-15H2,1-3H3,(H,25,29). The molecule has 0 bridgehead atoms. The van der Waals surface area contributed by atoms with Crippen LogP contribution in [0.15, 0.2) is 34.2 Å². The molecule has 176 valence electrons. The van der Waals surface area contributed by atoms with Gasteiger partial charge in [0.25, 0.3) is 5.56 Å². The summed E-state index contributed by atoms with van der Waals surface area (Å²) in [7, 11) is 1.61. The number of carbonyl (C=O) groups excluding carboxylic acids is 1. The lowest BCUT2D eigenvalue weighted by Crippen LogP contribution is -2.30. The Morgan fingerprint density at radius 2 is 2.18 bits per heavy atom. The molecule has 33 heavy (non-hydrogen) atoms. The van der Waals surface area contributed by atoms with Gasteiger partial charge < -0.3 is 10.1 Å². The lowest BCUT2D eigenvalue weighted by molar-refractivity contribution is -0.118. The largest absolute Gasteiger partial charge is 0.497 e. The number of fused-ring (bicyclic) bond motifs is 3. The van der Waals surface area contributed by atoms with Gasteiger partial charge in [0.2, 0.25) is 5.91 Å². The van der Waals surface area contributed by atoms with Crippen molar-refractivity contribution in [2.45, 2.75) is 44.8 Å². The predicted molar refractivity (Wildman–Crippen MR) is 135 cm³/mol. The van der Waals surface area contributed by atoms with Crippen molar-refractivity contribution in [3.05, 3.63) is 45.1 Å². The maximum absolute atomic E-state index is 13.9. The molecule has 0 saturated heterocycles. The minimum atomic E-state index is -0.0791. The van der Waals surface area contributed by atoms with Gasteiger partial charge >= 0.3 is 0 Å². The zero-order valence-corrected chi connectivity index (χ0v) is 21.0. The normalized spacial score (nSPS) is 13.8. The summed E-state index contributed by atoms with van der Waals surface area (Å²) in [6, 6.07) is 7.41. The van der Waals surface area contributed by atoms with Crippen LogP contribution < -0.4 is 15.6 Å². The second-order valence-corrected chi connectivity index (χ2v) is 10.1. The van der Waals surface area contributed by atoms with Crippen LogP contribution >= 0.6 is 23.1 Å². The Bertz CT molecular complexity index is 1200. The van der Waals surface area contributed by atoms with E-state index in [0.29, 0.717) is 28.5 Å². The quantitative estimate of drug-likeness (QED) is 0.281. The molecule has 0 spiro atoms. The molecule has 0 radical (unpaired) electrons. The summed E-state index contributed by atoms with van der Waals surface area (Å²) in [4.78, 5) is 35.5. The molecular formula is C24H30N4O3S2. The third-order valence-electron chi connectivity index (χ3n) is 5.87. The second-order valence-electron chi connectivity index (χ2n) is 8.03. The van der Waals surface area contributed by atoms with E-state index in [1.165, 1.54) is 16.6 Å². The van der Waals surface area contributed by atoms with E-state index in [2.05, 4.69) is 24.1 Å². The molecule has 4 rings (SSSR count). The Labute approximate surface area is 202 Å². The number of thioether (sulfide) groups is 1. The molecule has 9 heteroatoms. The van der Waals surface area contributed by atoms with Crippen LogP contribution in [0.4, 0.5) is 0 Å². The van der Waals surface area contributed by atoms with Gasteiger partial charge in [0.05, 0.1) is 23.9 Å². The summed E-state index contributed by atoms with van der Waals surface area (Å²) in [5, 5.41) is 4.17. The van der Waals surface area contributed by atoms with Gasteiger partial charge in [0.15, 0.2) is 5.16 Å². The summed E-state index contributed by atoms with van der Waals surface area (Å²) in [5.41, 5.74) is 1.74. The third-order valence-corrected chi connectivity index (χ3v) is 7.92. The van der Waals surface area contributed by atoms with Gasteiger partial charge in [-0.25, -0.2) is 4.98 Å². The zero-order valence-electron chi connectivity index (χ0n) is 19.3. The Morgan fingerprint density at radius 3 is 2.94 bits per heavy atom. The summed E-state index contributed by atoms with van der Waals surface area (Å²) < 4.78 is 7.02. The van der Waals surface area contributed by atoms with Crippen molar-refractivity contribution in [2.75, 3.05) is 32.5 Å². The van der Waals surface area contributed by atoms with E-state index in [-0.39, 0.29) is 17.2 Å². The molecule has 1 aliphatic heterocycles. The third kappa shape index (κ3) is 5.10. The lowest BCUT2D eigenvalue weighted by Gasteiger charge is -2.25. The van der Waals surface area contributed by atoms with E-state index in [4.69, 9.17) is 9.72 Å². The highest BCUT2D eigenvalue weighted by molar-refractivity contribution is 7.99. The average molecular weight is 487 g/mol. The smallest absolute Gasteiger partial charge is 0.267 e. The molecule has 7 nitrogen and oxygen atoms in total. The monoisotopic (exact) mass is 486 g/mol. The van der Waals surface area contributed by atoms with E-state index in [1.54, 1.807) is 23.0 Å². The predicted octanol–water partition coefficient (Wildman–Crippen LogP) is 3.84. The van der Waals surface area contributed by atoms with E-state index >= 15 is 0 Å². The van der Waals surface area contributed by atoms with Crippen LogP contribution in [0.5, 0.6) is 5.75 Å². The number of amides is 1. The Balaban J connectivity index is 1.77. The van der Waals surface area contributed by atoms with Crippen LogP contribution in [0.1, 0.15) is 37.1 Å². The van der Waals surface area contributed by atoms with Crippen LogP contribution in [0.3, 0.4) is 0 Å². The Kier molecular flexibility index (Phi) is 7.72. The fourth-order valence-electron chi connectivity index (χ4n) is 4.01. The molecule has 3 heterocycles. The van der Waals surface area contributed by atoms with Gasteiger partial charge in [-0.3, -0.25) is 19.1 Å². The van der Waals surface area contributed by atoms with E-state index in [0.717, 1.165) is 49.3 Å². The number of carbonyl (C=O) groups is 1. The highest BCUT2D eigenvalue weighted by Gasteiger charge is 2.25. The van der Waals surface area contributed by atoms with Crippen molar-refractivity contribution >= 4 is 39.2 Å². The van der Waals surface area contributed by atoms with E-state index < -0.39 is 0 Å². The van der Waals surface area contributed by atoms with Crippen LogP contribution in [0, 0.1) is 0 Å². The molecule has 0 fully saturated rings. The number of benzene rings is 1. The van der Waals surface area contributed by atoms with Crippen molar-refractivity contribution in [3.63, 3.8) is 0 Å². The second kappa shape index (κ2) is 10.7. The molecule has 1 aromatic carbocycles. The average Bonchev–Trinajstić information content (AvgIpc) is 3.20. The lowest BCUT2D eigenvalue weighted by atomic mass is 10.1. The van der Waals surface area contributed by atoms with Crippen LogP contribution in [-0.4, -0.2) is 52.9 Å². The van der Waals surface area contributed by atoms with Crippen molar-refractivity contribution in [2.24, 2.45) is 0 Å². The number of hydrogen-bond acceptors (Lipinski definition) is 7. The molecule has 2 aromatic heterocycles. The van der Waals surface area contributed by atoms with Gasteiger partial charge in [-0.1, -0.05) is 38.1 Å². The molecule has 1 N–H and O–H groups in total. The highest BCUT2D eigenvalue weighted by Crippen LogP contribution is 2.34. The van der Waals surface area contributed by atoms with Crippen molar-refractivity contribution in [3.8, 4) is 11.4 Å². The van der Waals surface area contributed by atoms with Gasteiger partial charge in [-0.15, -0.1) is 11.3 Å². The first-order valence-corrected chi connectivity index (χ1v) is 13.2. The van der Waals surface area contributed by atoms with E-state index in [9.17, 15) is 9.59 Å². The number of aromatic nitrogens is 2. The molecule has 0 unspecified atom stereocenters. The van der Waals surface area contributed by atoms with Gasteiger partial charge in [-0.05, 0) is 37.1 Å². The molecule has 1 aliphatic rings. The maximum atomic E-state index is 13.9. The number of unbranched alkanes of at least 4 members (excludes halogenated alkanes) is 1. The summed E-state index contributed by atoms with van der Waals surface area (Å²) in [5.74, 6) is 0.822. The molecule has 0 saturated carbocycles. The highest BCUT2D eigenvalue weighted by atomic mass is 32.2. The number of nitrogens with one attached hydrogen (secondary N) is 1. The fourth-order valence-corrected chi connectivity index (χ4v) is 6.15. The maximum Gasteiger partial charge on any atom is 0.267 e. The van der Waals surface area contributed by atoms with E-state index in [1.807, 2.05) is 24.3 Å². The van der Waals surface area contributed by atoms with Crippen molar-refractivity contribution in [1.29, 1.82) is 0 Å². The SMILES string of the molecule is CCCCNC(=O)CSc1nc2sc3c(c2c(=O)n1-c1cccc(OC)c1)CCN(CC)C3. The number of thiophene rings is 1. The number of likely N-dealkylation sites (N-methyl/N-ethyl adjacent to an activating group) is 1. The summed E-state index contributed by atoms with van der Waals surface area (Å²) >= 11 is 2.90. The van der Waals surface area contributed by atoms with Crippen LogP contribution in [-0.2, 0) is 17.8 Å². The number of hydrogen-bond donors (Lipinski definition) is 1. The molecular weight excluding hydrogens is 456 g/mol. The van der Waals surface area contributed by atoms with Gasteiger partial charge in [0.1, 0.15) is 10.6 Å². The van der Waals surface area contributed by atoms with Crippen molar-refractivity contribution in [1.82, 2.24) is 19.8 Å². The first-order chi connectivity index (χ1) is 16.0. The fraction of sp³-hybridized carbons (Fsp3) is 0.458. The molecule has 0 atom stereocenters. The van der Waals surface area contributed by atoms with Gasteiger partial charge in [-0.2, -0.15) is 0 Å². The topological polar surface area (TPSA) is 76.5 Å². The molecule has 1 amide bonds. The van der Waals surface area contributed by atoms with Crippen molar-refractivity contribution < 1.29 is 9.53 Å². The Hall–Kier alpha value is -2.36. The molecule has 3 aromatic rings. The number of methoxy groups -OCH3 is 1. The minimum Gasteiger partial charge on any atom is -0.497 e. The summed E-state index contributed by atoms with van der Waals surface area (Å²) in [6.45, 7) is 7.70. The molecule has 0 aliphatic carbocycles. The minimum absolute atomic E-state index is 0.0518. The van der Waals surface area contributed by atoms with Crippen LogP contribution in [0.25, 0.3) is 15.9 Å². The van der Waals surface area contributed by atoms with Crippen LogP contribution in [0.2, 0.25) is 0 Å². The first-order valence-electron chi connectivity index (χ1n) is 11.4. The number of nitrogens with zero attached hydrogens (tertiary/aromatic N) is 3.